The average molecular weight is 401 g/mol. The van der Waals surface area contributed by atoms with Crippen LogP contribution >= 0.6 is 15.9 Å². The number of benzene rings is 1. The Kier molecular flexibility index (Phi) is 3.81. The fraction of sp³-hybridized carbons (Fsp3) is 0.188. The summed E-state index contributed by atoms with van der Waals surface area (Å²) in [7, 11) is 0. The van der Waals surface area contributed by atoms with E-state index in [4.69, 9.17) is 5.73 Å². The number of rotatable bonds is 3. The number of hydrogen-bond acceptors (Lipinski definition) is 7. The number of halogens is 1. The third kappa shape index (κ3) is 3.28. The van der Waals surface area contributed by atoms with Crippen LogP contribution in [0.4, 0.5) is 5.82 Å². The molecule has 1 atom stereocenters. The molecule has 4 rings (SSSR count). The molecule has 0 saturated carbocycles. The Morgan fingerprint density at radius 1 is 1.28 bits per heavy atom. The van der Waals surface area contributed by atoms with Gasteiger partial charge in [-0.05, 0) is 24.6 Å². The van der Waals surface area contributed by atoms with Gasteiger partial charge in [0.2, 0.25) is 5.79 Å². The number of aliphatic imine (C=N–C) groups is 2. The summed E-state index contributed by atoms with van der Waals surface area (Å²) in [4.78, 5) is 9.24. The van der Waals surface area contributed by atoms with Crippen molar-refractivity contribution in [1.82, 2.24) is 21.0 Å². The quantitative estimate of drug-likeness (QED) is 0.535. The standard InChI is InChI=1S/C16H17BrN8/c1-9-5-13(24-23-9)20-14-12-8-19-25-15(12)22-16(18,21-14)7-10-3-2-4-11(17)6-10/h2-6,8H,7,18H2,1H3,(H2,19,22,25)(H2,20,21,23,24). The van der Waals surface area contributed by atoms with Gasteiger partial charge in [0, 0.05) is 28.9 Å². The molecule has 9 heteroatoms. The SMILES string of the molecule is Cc1cc(NC2=NC(N)(Cc3cccc(Br)c3)N=C3NNC=C32)n[nH]1. The van der Waals surface area contributed by atoms with Gasteiger partial charge >= 0.3 is 0 Å². The van der Waals surface area contributed by atoms with Crippen LogP contribution in [0.5, 0.6) is 0 Å². The Morgan fingerprint density at radius 2 is 2.16 bits per heavy atom. The first kappa shape index (κ1) is 15.9. The summed E-state index contributed by atoms with van der Waals surface area (Å²) in [6.07, 6.45) is 2.26. The molecule has 1 unspecified atom stereocenters. The molecule has 0 amide bonds. The van der Waals surface area contributed by atoms with Crippen LogP contribution in [0.1, 0.15) is 11.3 Å². The highest BCUT2D eigenvalue weighted by molar-refractivity contribution is 9.10. The van der Waals surface area contributed by atoms with Crippen LogP contribution in [-0.4, -0.2) is 27.7 Å². The first-order chi connectivity index (χ1) is 12.0. The molecule has 2 aliphatic rings. The largest absolute Gasteiger partial charge is 0.323 e. The maximum absolute atomic E-state index is 6.49. The zero-order valence-electron chi connectivity index (χ0n) is 13.5. The van der Waals surface area contributed by atoms with Gasteiger partial charge in [0.1, 0.15) is 5.84 Å². The maximum atomic E-state index is 6.49. The number of nitrogens with two attached hydrogens (primary N) is 1. The number of aromatic amines is 1. The topological polar surface area (TPSA) is 116 Å². The molecule has 0 radical (unpaired) electrons. The number of aromatic nitrogens is 2. The molecule has 3 heterocycles. The fourth-order valence-corrected chi connectivity index (χ4v) is 3.23. The highest BCUT2D eigenvalue weighted by Gasteiger charge is 2.34. The Bertz CT molecular complexity index is 912. The minimum absolute atomic E-state index is 0.468. The van der Waals surface area contributed by atoms with Crippen molar-refractivity contribution in [2.24, 2.45) is 15.7 Å². The van der Waals surface area contributed by atoms with Crippen molar-refractivity contribution in [3.63, 3.8) is 0 Å². The van der Waals surface area contributed by atoms with E-state index in [0.717, 1.165) is 21.3 Å². The van der Waals surface area contributed by atoms with Gasteiger partial charge in [-0.3, -0.25) is 16.3 Å². The van der Waals surface area contributed by atoms with Gasteiger partial charge in [0.25, 0.3) is 0 Å². The number of nitrogens with one attached hydrogen (secondary N) is 4. The third-order valence-electron chi connectivity index (χ3n) is 3.83. The first-order valence-electron chi connectivity index (χ1n) is 7.75. The smallest absolute Gasteiger partial charge is 0.210 e. The molecule has 1 aromatic carbocycles. The molecule has 0 saturated heterocycles. The summed E-state index contributed by atoms with van der Waals surface area (Å²) in [5, 5.41) is 10.3. The van der Waals surface area contributed by atoms with Crippen molar-refractivity contribution in [3.05, 3.63) is 57.8 Å². The number of fused-ring (bicyclic) bond motifs is 1. The summed E-state index contributed by atoms with van der Waals surface area (Å²) >= 11 is 3.48. The number of amidine groups is 2. The van der Waals surface area contributed by atoms with E-state index in [0.29, 0.717) is 23.9 Å². The van der Waals surface area contributed by atoms with Crippen molar-refractivity contribution in [2.75, 3.05) is 5.32 Å². The molecule has 25 heavy (non-hydrogen) atoms. The minimum Gasteiger partial charge on any atom is -0.323 e. The number of hydrazine groups is 1. The van der Waals surface area contributed by atoms with Gasteiger partial charge < -0.3 is 10.7 Å². The molecule has 8 nitrogen and oxygen atoms in total. The molecule has 2 aliphatic heterocycles. The molecule has 2 aromatic rings. The van der Waals surface area contributed by atoms with Gasteiger partial charge in [0.05, 0.1) is 5.57 Å². The van der Waals surface area contributed by atoms with Crippen LogP contribution in [0.2, 0.25) is 0 Å². The summed E-state index contributed by atoms with van der Waals surface area (Å²) in [5.74, 6) is 0.837. The lowest BCUT2D eigenvalue weighted by molar-refractivity contribution is 0.462. The first-order valence-corrected chi connectivity index (χ1v) is 8.55. The van der Waals surface area contributed by atoms with E-state index in [-0.39, 0.29) is 0 Å². The van der Waals surface area contributed by atoms with E-state index in [2.05, 4.69) is 52.3 Å². The summed E-state index contributed by atoms with van der Waals surface area (Å²) in [6.45, 7) is 1.94. The Morgan fingerprint density at radius 3 is 2.92 bits per heavy atom. The van der Waals surface area contributed by atoms with E-state index in [1.54, 1.807) is 6.20 Å². The van der Waals surface area contributed by atoms with E-state index in [1.165, 1.54) is 0 Å². The molecule has 0 fully saturated rings. The number of H-pyrrole nitrogens is 1. The fourth-order valence-electron chi connectivity index (χ4n) is 2.78. The van der Waals surface area contributed by atoms with E-state index < -0.39 is 5.79 Å². The average Bonchev–Trinajstić information content (AvgIpc) is 3.15. The summed E-state index contributed by atoms with van der Waals surface area (Å²) < 4.78 is 0.993. The van der Waals surface area contributed by atoms with Gasteiger partial charge in [-0.1, -0.05) is 28.1 Å². The molecule has 0 spiro atoms. The number of nitrogens with zero attached hydrogens (tertiary/aromatic N) is 3. The zero-order chi connectivity index (χ0) is 17.4. The van der Waals surface area contributed by atoms with Crippen LogP contribution in [0.15, 0.2) is 56.6 Å². The third-order valence-corrected chi connectivity index (χ3v) is 4.33. The van der Waals surface area contributed by atoms with Crippen LogP contribution in [0.25, 0.3) is 0 Å². The Hall–Kier alpha value is -2.65. The predicted molar refractivity (Wildman–Crippen MR) is 101 cm³/mol. The highest BCUT2D eigenvalue weighted by atomic mass is 79.9. The number of anilines is 1. The van der Waals surface area contributed by atoms with Crippen LogP contribution in [0.3, 0.4) is 0 Å². The van der Waals surface area contributed by atoms with E-state index >= 15 is 0 Å². The van der Waals surface area contributed by atoms with Crippen LogP contribution in [0, 0.1) is 6.92 Å². The van der Waals surface area contributed by atoms with Crippen molar-refractivity contribution in [3.8, 4) is 0 Å². The lowest BCUT2D eigenvalue weighted by atomic mass is 10.1. The van der Waals surface area contributed by atoms with Crippen molar-refractivity contribution >= 4 is 33.4 Å². The molecular formula is C16H17BrN8. The molecule has 128 valence electrons. The Labute approximate surface area is 152 Å². The van der Waals surface area contributed by atoms with Gasteiger partial charge in [-0.2, -0.15) is 5.10 Å². The van der Waals surface area contributed by atoms with Gasteiger partial charge in [0.15, 0.2) is 11.7 Å². The molecule has 0 bridgehead atoms. The molecule has 0 aliphatic carbocycles. The number of hydrogen-bond donors (Lipinski definition) is 5. The van der Waals surface area contributed by atoms with E-state index in [9.17, 15) is 0 Å². The van der Waals surface area contributed by atoms with Crippen molar-refractivity contribution in [2.45, 2.75) is 19.1 Å². The second kappa shape index (κ2) is 6.01. The molecular weight excluding hydrogens is 384 g/mol. The monoisotopic (exact) mass is 400 g/mol. The normalized spacial score (nSPS) is 21.5. The Balaban J connectivity index is 1.67. The maximum Gasteiger partial charge on any atom is 0.210 e. The van der Waals surface area contributed by atoms with Crippen LogP contribution in [-0.2, 0) is 6.42 Å². The summed E-state index contributed by atoms with van der Waals surface area (Å²) in [6, 6.07) is 9.86. The molecule has 1 aromatic heterocycles. The molecule has 6 N–H and O–H groups in total. The van der Waals surface area contributed by atoms with Gasteiger partial charge in [-0.25, -0.2) is 9.98 Å². The van der Waals surface area contributed by atoms with Gasteiger partial charge in [-0.15, -0.1) is 0 Å². The highest BCUT2D eigenvalue weighted by Crippen LogP contribution is 2.24. The van der Waals surface area contributed by atoms with E-state index in [1.807, 2.05) is 37.3 Å². The van der Waals surface area contributed by atoms with Crippen molar-refractivity contribution in [1.29, 1.82) is 0 Å². The number of aryl methyl sites for hydroxylation is 1. The summed E-state index contributed by atoms with van der Waals surface area (Å²) in [5.41, 5.74) is 15.2. The second-order valence-corrected chi connectivity index (χ2v) is 6.91. The lowest BCUT2D eigenvalue weighted by Crippen LogP contribution is -2.47. The predicted octanol–water partition coefficient (Wildman–Crippen LogP) is 1.55. The second-order valence-electron chi connectivity index (χ2n) is 5.99. The minimum atomic E-state index is -1.11. The lowest BCUT2D eigenvalue weighted by Gasteiger charge is -2.27. The zero-order valence-corrected chi connectivity index (χ0v) is 15.1. The van der Waals surface area contributed by atoms with Crippen molar-refractivity contribution < 1.29 is 0 Å². The van der Waals surface area contributed by atoms with Crippen LogP contribution < -0.4 is 21.9 Å².